The van der Waals surface area contributed by atoms with Gasteiger partial charge in [-0.3, -0.25) is 4.79 Å². The lowest BCUT2D eigenvalue weighted by Crippen LogP contribution is -2.02. The molecule has 1 rings (SSSR count). The molecule has 0 amide bonds. The Balaban J connectivity index is 3.44. The second-order valence-corrected chi connectivity index (χ2v) is 2.92. The molecule has 0 fully saturated rings. The molecule has 2 N–H and O–H groups in total. The summed E-state index contributed by atoms with van der Waals surface area (Å²) in [5.74, 6) is -0.113. The summed E-state index contributed by atoms with van der Waals surface area (Å²) in [5.41, 5.74) is 7.81. The van der Waals surface area contributed by atoms with Crippen molar-refractivity contribution in [2.75, 3.05) is 5.73 Å². The molecule has 0 saturated heterocycles. The maximum absolute atomic E-state index is 11.1. The van der Waals surface area contributed by atoms with Crippen LogP contribution in [0.2, 0.25) is 0 Å². The van der Waals surface area contributed by atoms with Crippen molar-refractivity contribution < 1.29 is 4.79 Å². The first-order valence-corrected chi connectivity index (χ1v) is 3.87. The van der Waals surface area contributed by atoms with Crippen LogP contribution in [0.3, 0.4) is 0 Å². The van der Waals surface area contributed by atoms with Crippen molar-refractivity contribution in [2.45, 2.75) is 13.8 Å². The molecule has 0 aliphatic carbocycles. The fourth-order valence-electron chi connectivity index (χ4n) is 1.15. The number of ketones is 1. The van der Waals surface area contributed by atoms with Gasteiger partial charge in [0.1, 0.15) is 0 Å². The van der Waals surface area contributed by atoms with Crippen molar-refractivity contribution in [3.63, 3.8) is 0 Å². The van der Waals surface area contributed by atoms with Gasteiger partial charge in [0, 0.05) is 11.3 Å². The monoisotopic (exact) mass is 174 g/mol. The Bertz CT molecular complexity index is 402. The number of nitriles is 1. The first kappa shape index (κ1) is 9.27. The van der Waals surface area contributed by atoms with Crippen LogP contribution in [0.1, 0.15) is 28.4 Å². The second kappa shape index (κ2) is 3.28. The molecule has 0 unspecified atom stereocenters. The van der Waals surface area contributed by atoms with Crippen molar-refractivity contribution in [1.82, 2.24) is 0 Å². The van der Waals surface area contributed by atoms with Crippen LogP contribution in [-0.4, -0.2) is 5.78 Å². The molecular formula is C10H10N2O. The van der Waals surface area contributed by atoms with Crippen molar-refractivity contribution in [3.05, 3.63) is 28.8 Å². The molecule has 0 bridgehead atoms. The van der Waals surface area contributed by atoms with E-state index in [-0.39, 0.29) is 5.78 Å². The SMILES string of the molecule is CC(=O)c1cc(C#N)cc(C)c1N. The van der Waals surface area contributed by atoms with Crippen LogP contribution >= 0.6 is 0 Å². The number of nitrogens with two attached hydrogens (primary N) is 1. The molecule has 13 heavy (non-hydrogen) atoms. The van der Waals surface area contributed by atoms with E-state index in [2.05, 4.69) is 0 Å². The minimum absolute atomic E-state index is 0.113. The van der Waals surface area contributed by atoms with Gasteiger partial charge in [0.05, 0.1) is 11.6 Å². The van der Waals surface area contributed by atoms with Gasteiger partial charge >= 0.3 is 0 Å². The van der Waals surface area contributed by atoms with Gasteiger partial charge in [-0.2, -0.15) is 5.26 Å². The van der Waals surface area contributed by atoms with E-state index in [9.17, 15) is 4.79 Å². The normalized spacial score (nSPS) is 9.31. The highest BCUT2D eigenvalue weighted by atomic mass is 16.1. The van der Waals surface area contributed by atoms with Crippen LogP contribution in [-0.2, 0) is 0 Å². The van der Waals surface area contributed by atoms with Crippen LogP contribution in [0.25, 0.3) is 0 Å². The molecule has 3 nitrogen and oxygen atoms in total. The fourth-order valence-corrected chi connectivity index (χ4v) is 1.15. The summed E-state index contributed by atoms with van der Waals surface area (Å²) in [6.07, 6.45) is 0. The zero-order chi connectivity index (χ0) is 10.0. The third-order valence-electron chi connectivity index (χ3n) is 1.90. The molecule has 0 radical (unpaired) electrons. The molecule has 0 atom stereocenters. The number of Topliss-reactive ketones (excluding diaryl/α,β-unsaturated/α-hetero) is 1. The molecule has 66 valence electrons. The fraction of sp³-hybridized carbons (Fsp3) is 0.200. The molecule has 0 spiro atoms. The largest absolute Gasteiger partial charge is 0.398 e. The Hall–Kier alpha value is -1.82. The molecule has 0 aliphatic rings. The molecule has 0 saturated carbocycles. The summed E-state index contributed by atoms with van der Waals surface area (Å²) in [6.45, 7) is 3.22. The number of anilines is 1. The minimum Gasteiger partial charge on any atom is -0.398 e. The zero-order valence-corrected chi connectivity index (χ0v) is 7.59. The summed E-state index contributed by atoms with van der Waals surface area (Å²) in [4.78, 5) is 11.1. The third kappa shape index (κ3) is 1.67. The van der Waals surface area contributed by atoms with Gasteiger partial charge in [0.2, 0.25) is 0 Å². The highest BCUT2D eigenvalue weighted by Gasteiger charge is 2.08. The van der Waals surface area contributed by atoms with Crippen molar-refractivity contribution in [2.24, 2.45) is 0 Å². The van der Waals surface area contributed by atoms with Crippen molar-refractivity contribution >= 4 is 11.5 Å². The van der Waals surface area contributed by atoms with Crippen molar-refractivity contribution in [1.29, 1.82) is 5.26 Å². The lowest BCUT2D eigenvalue weighted by atomic mass is 10.0. The summed E-state index contributed by atoms with van der Waals surface area (Å²) in [6, 6.07) is 5.17. The Morgan fingerprint density at radius 1 is 1.54 bits per heavy atom. The summed E-state index contributed by atoms with van der Waals surface area (Å²) in [5, 5.41) is 8.66. The highest BCUT2D eigenvalue weighted by Crippen LogP contribution is 2.19. The van der Waals surface area contributed by atoms with Crippen LogP contribution in [0.4, 0.5) is 5.69 Å². The molecule has 0 aliphatic heterocycles. The van der Waals surface area contributed by atoms with Gasteiger partial charge in [-0.1, -0.05) is 0 Å². The van der Waals surface area contributed by atoms with Gasteiger partial charge in [-0.15, -0.1) is 0 Å². The number of hydrogen-bond donors (Lipinski definition) is 1. The van der Waals surface area contributed by atoms with Gasteiger partial charge in [-0.05, 0) is 31.5 Å². The number of aryl methyl sites for hydroxylation is 1. The molecule has 0 heterocycles. The number of carbonyl (C=O) groups excluding carboxylic acids is 1. The Labute approximate surface area is 76.8 Å². The standard InChI is InChI=1S/C10H10N2O/c1-6-3-8(5-11)4-9(7(2)13)10(6)12/h3-4H,12H2,1-2H3. The minimum atomic E-state index is -0.113. The zero-order valence-electron chi connectivity index (χ0n) is 7.59. The predicted octanol–water partition coefficient (Wildman–Crippen LogP) is 1.65. The van der Waals surface area contributed by atoms with Crippen LogP contribution in [0.15, 0.2) is 12.1 Å². The Morgan fingerprint density at radius 2 is 2.15 bits per heavy atom. The number of carbonyl (C=O) groups is 1. The van der Waals surface area contributed by atoms with Crippen LogP contribution in [0, 0.1) is 18.3 Å². The average molecular weight is 174 g/mol. The second-order valence-electron chi connectivity index (χ2n) is 2.92. The number of benzene rings is 1. The number of rotatable bonds is 1. The van der Waals surface area contributed by atoms with E-state index in [1.165, 1.54) is 13.0 Å². The first-order valence-electron chi connectivity index (χ1n) is 3.87. The van der Waals surface area contributed by atoms with E-state index < -0.39 is 0 Å². The van der Waals surface area contributed by atoms with E-state index in [4.69, 9.17) is 11.0 Å². The van der Waals surface area contributed by atoms with E-state index in [1.807, 2.05) is 6.07 Å². The number of nitrogens with zero attached hydrogens (tertiary/aromatic N) is 1. The number of nitrogen functional groups attached to an aromatic ring is 1. The molecule has 3 heteroatoms. The van der Waals surface area contributed by atoms with E-state index in [0.717, 1.165) is 5.56 Å². The van der Waals surface area contributed by atoms with E-state index >= 15 is 0 Å². The lowest BCUT2D eigenvalue weighted by molar-refractivity contribution is 0.101. The first-order chi connectivity index (χ1) is 6.06. The maximum atomic E-state index is 11.1. The Kier molecular flexibility index (Phi) is 2.34. The Morgan fingerprint density at radius 3 is 2.62 bits per heavy atom. The van der Waals surface area contributed by atoms with Crippen LogP contribution < -0.4 is 5.73 Å². The molecule has 0 aromatic heterocycles. The van der Waals surface area contributed by atoms with Crippen LogP contribution in [0.5, 0.6) is 0 Å². The summed E-state index contributed by atoms with van der Waals surface area (Å²) in [7, 11) is 0. The molecule has 1 aromatic carbocycles. The van der Waals surface area contributed by atoms with Crippen molar-refractivity contribution in [3.8, 4) is 6.07 Å². The topological polar surface area (TPSA) is 66.9 Å². The van der Waals surface area contributed by atoms with Gasteiger partial charge in [0.25, 0.3) is 0 Å². The average Bonchev–Trinajstić information content (AvgIpc) is 2.09. The van der Waals surface area contributed by atoms with E-state index in [1.54, 1.807) is 13.0 Å². The van der Waals surface area contributed by atoms with E-state index in [0.29, 0.717) is 16.8 Å². The van der Waals surface area contributed by atoms with Gasteiger partial charge in [0.15, 0.2) is 5.78 Å². The number of hydrogen-bond acceptors (Lipinski definition) is 3. The predicted molar refractivity (Wildman–Crippen MR) is 50.3 cm³/mol. The van der Waals surface area contributed by atoms with Gasteiger partial charge < -0.3 is 5.73 Å². The lowest BCUT2D eigenvalue weighted by Gasteiger charge is -2.05. The highest BCUT2D eigenvalue weighted by molar-refractivity contribution is 6.00. The molecule has 1 aromatic rings. The van der Waals surface area contributed by atoms with Gasteiger partial charge in [-0.25, -0.2) is 0 Å². The molecular weight excluding hydrogens is 164 g/mol. The quantitative estimate of drug-likeness (QED) is 0.520. The third-order valence-corrected chi connectivity index (χ3v) is 1.90. The smallest absolute Gasteiger partial charge is 0.161 e. The summed E-state index contributed by atoms with van der Waals surface area (Å²) >= 11 is 0. The maximum Gasteiger partial charge on any atom is 0.161 e. The summed E-state index contributed by atoms with van der Waals surface area (Å²) < 4.78 is 0.